The monoisotopic (exact) mass is 456 g/mol. The number of anilines is 1. The smallest absolute Gasteiger partial charge is 0.270 e. The van der Waals surface area contributed by atoms with Gasteiger partial charge in [0.05, 0.1) is 15.5 Å². The highest BCUT2D eigenvalue weighted by Crippen LogP contribution is 2.37. The molecule has 0 spiro atoms. The highest BCUT2D eigenvalue weighted by Gasteiger charge is 2.33. The molecule has 0 bridgehead atoms. The second kappa shape index (κ2) is 8.06. The van der Waals surface area contributed by atoms with Crippen LogP contribution in [0, 0.1) is 17.0 Å². The van der Waals surface area contributed by atoms with E-state index in [0.717, 1.165) is 11.1 Å². The van der Waals surface area contributed by atoms with E-state index in [1.54, 1.807) is 55.5 Å². The number of halogens is 1. The topological polar surface area (TPSA) is 76.6 Å². The average Bonchev–Trinajstić information content (AvgIpc) is 3.26. The number of thioether (sulfide) groups is 1. The molecule has 1 aromatic heterocycles. The van der Waals surface area contributed by atoms with Gasteiger partial charge in [-0.3, -0.25) is 19.8 Å². The maximum absolute atomic E-state index is 12.9. The number of amides is 1. The first-order valence-electron chi connectivity index (χ1n) is 8.72. The Hall–Kier alpha value is -2.94. The van der Waals surface area contributed by atoms with E-state index in [9.17, 15) is 14.9 Å². The molecule has 150 valence electrons. The molecule has 9 heteroatoms. The zero-order valence-corrected chi connectivity index (χ0v) is 17.9. The van der Waals surface area contributed by atoms with Crippen molar-refractivity contribution in [2.24, 2.45) is 0 Å². The molecule has 0 unspecified atom stereocenters. The van der Waals surface area contributed by atoms with Gasteiger partial charge in [-0.25, -0.2) is 0 Å². The summed E-state index contributed by atoms with van der Waals surface area (Å²) in [7, 11) is 0. The number of aryl methyl sites for hydroxylation is 1. The lowest BCUT2D eigenvalue weighted by Crippen LogP contribution is -2.27. The van der Waals surface area contributed by atoms with E-state index < -0.39 is 4.92 Å². The number of non-ortho nitro benzene ring substituents is 1. The molecule has 2 aromatic carbocycles. The first kappa shape index (κ1) is 20.3. The first-order valence-corrected chi connectivity index (χ1v) is 10.3. The van der Waals surface area contributed by atoms with Crippen molar-refractivity contribution >= 4 is 63.3 Å². The predicted octanol–water partition coefficient (Wildman–Crippen LogP) is 6.22. The molecule has 3 aromatic rings. The quantitative estimate of drug-likeness (QED) is 0.201. The Labute approximate surface area is 186 Å². The molecule has 1 aliphatic heterocycles. The number of nitro benzene ring substituents is 1. The van der Waals surface area contributed by atoms with Gasteiger partial charge in [-0.2, -0.15) is 0 Å². The molecule has 0 N–H and O–H groups in total. The molecule has 0 radical (unpaired) electrons. The van der Waals surface area contributed by atoms with Crippen molar-refractivity contribution in [2.45, 2.75) is 6.92 Å². The number of carbonyl (C=O) groups excluding carboxylic acids is 1. The zero-order chi connectivity index (χ0) is 21.4. The maximum Gasteiger partial charge on any atom is 0.270 e. The van der Waals surface area contributed by atoms with Crippen molar-refractivity contribution < 1.29 is 14.1 Å². The lowest BCUT2D eigenvalue weighted by molar-refractivity contribution is -0.384. The highest BCUT2D eigenvalue weighted by molar-refractivity contribution is 8.27. The van der Waals surface area contributed by atoms with Crippen LogP contribution in [0.1, 0.15) is 11.3 Å². The van der Waals surface area contributed by atoms with Gasteiger partial charge in [-0.1, -0.05) is 41.6 Å². The summed E-state index contributed by atoms with van der Waals surface area (Å²) in [6, 6.07) is 15.0. The van der Waals surface area contributed by atoms with Crippen LogP contribution in [0.25, 0.3) is 17.4 Å². The van der Waals surface area contributed by atoms with Crippen LogP contribution < -0.4 is 4.90 Å². The van der Waals surface area contributed by atoms with Gasteiger partial charge in [0.25, 0.3) is 11.6 Å². The van der Waals surface area contributed by atoms with Crippen molar-refractivity contribution in [1.82, 2.24) is 0 Å². The van der Waals surface area contributed by atoms with Crippen LogP contribution in [0.5, 0.6) is 0 Å². The molecule has 1 aliphatic rings. The molecular formula is C21H13ClN2O4S2. The number of nitro groups is 1. The standard InChI is InChI=1S/C21H13ClN2O4S2/c1-12-9-15(24(26)27)5-7-17(12)18-8-6-16(28-18)11-19-20(25)23(21(29)30-19)14-4-2-3-13(22)10-14/h2-11H,1H3/b19-11-. The summed E-state index contributed by atoms with van der Waals surface area (Å²) in [5, 5.41) is 11.4. The van der Waals surface area contributed by atoms with Crippen LogP contribution in [0.4, 0.5) is 11.4 Å². The van der Waals surface area contributed by atoms with Gasteiger partial charge >= 0.3 is 0 Å². The fourth-order valence-corrected chi connectivity index (χ4v) is 4.51. The van der Waals surface area contributed by atoms with Gasteiger partial charge < -0.3 is 4.42 Å². The summed E-state index contributed by atoms with van der Waals surface area (Å²) in [5.74, 6) is 0.782. The van der Waals surface area contributed by atoms with E-state index in [1.807, 2.05) is 0 Å². The fourth-order valence-electron chi connectivity index (χ4n) is 3.05. The Morgan fingerprint density at radius 1 is 1.20 bits per heavy atom. The Morgan fingerprint density at radius 3 is 2.70 bits per heavy atom. The summed E-state index contributed by atoms with van der Waals surface area (Å²) in [4.78, 5) is 25.2. The number of thiocarbonyl (C=S) groups is 1. The Kier molecular flexibility index (Phi) is 5.46. The third kappa shape index (κ3) is 3.89. The van der Waals surface area contributed by atoms with Gasteiger partial charge in [-0.15, -0.1) is 0 Å². The Bertz CT molecular complexity index is 1240. The van der Waals surface area contributed by atoms with E-state index in [4.69, 9.17) is 28.2 Å². The molecule has 0 aliphatic carbocycles. The zero-order valence-electron chi connectivity index (χ0n) is 15.5. The second-order valence-electron chi connectivity index (χ2n) is 6.46. The van der Waals surface area contributed by atoms with Crippen molar-refractivity contribution in [3.63, 3.8) is 0 Å². The SMILES string of the molecule is Cc1cc([N+](=O)[O-])ccc1-c1ccc(/C=C2\SC(=S)N(c3cccc(Cl)c3)C2=O)o1. The summed E-state index contributed by atoms with van der Waals surface area (Å²) < 4.78 is 6.27. The van der Waals surface area contributed by atoms with E-state index in [2.05, 4.69) is 0 Å². The van der Waals surface area contributed by atoms with Gasteiger partial charge in [0.15, 0.2) is 4.32 Å². The second-order valence-corrected chi connectivity index (χ2v) is 8.57. The van der Waals surface area contributed by atoms with E-state index in [-0.39, 0.29) is 11.6 Å². The number of rotatable bonds is 4. The number of benzene rings is 2. The summed E-state index contributed by atoms with van der Waals surface area (Å²) >= 11 is 12.6. The third-order valence-electron chi connectivity index (χ3n) is 4.45. The Morgan fingerprint density at radius 2 is 2.00 bits per heavy atom. The third-order valence-corrected chi connectivity index (χ3v) is 5.98. The molecule has 2 heterocycles. The van der Waals surface area contributed by atoms with E-state index in [1.165, 1.54) is 28.8 Å². The lowest BCUT2D eigenvalue weighted by Gasteiger charge is -2.14. The van der Waals surface area contributed by atoms with Gasteiger partial charge in [0, 0.05) is 28.8 Å². The molecule has 1 amide bonds. The van der Waals surface area contributed by atoms with Crippen molar-refractivity contribution in [3.05, 3.63) is 86.0 Å². The lowest BCUT2D eigenvalue weighted by atomic mass is 10.1. The molecule has 30 heavy (non-hydrogen) atoms. The summed E-state index contributed by atoms with van der Waals surface area (Å²) in [6.07, 6.45) is 1.63. The number of carbonyl (C=O) groups is 1. The molecular weight excluding hydrogens is 444 g/mol. The molecule has 0 atom stereocenters. The summed E-state index contributed by atoms with van der Waals surface area (Å²) in [5.41, 5.74) is 2.09. The number of furan rings is 1. The first-order chi connectivity index (χ1) is 14.3. The number of nitrogens with zero attached hydrogens (tertiary/aromatic N) is 2. The average molecular weight is 457 g/mol. The fraction of sp³-hybridized carbons (Fsp3) is 0.0476. The van der Waals surface area contributed by atoms with Crippen molar-refractivity contribution in [3.8, 4) is 11.3 Å². The largest absolute Gasteiger partial charge is 0.457 e. The van der Waals surface area contributed by atoms with E-state index >= 15 is 0 Å². The number of hydrogen-bond acceptors (Lipinski definition) is 6. The highest BCUT2D eigenvalue weighted by atomic mass is 35.5. The van der Waals surface area contributed by atoms with Gasteiger partial charge in [0.1, 0.15) is 11.5 Å². The van der Waals surface area contributed by atoms with Crippen LogP contribution >= 0.6 is 35.6 Å². The molecule has 1 fully saturated rings. The minimum absolute atomic E-state index is 0.0210. The van der Waals surface area contributed by atoms with Crippen LogP contribution in [-0.2, 0) is 4.79 Å². The minimum Gasteiger partial charge on any atom is -0.457 e. The maximum atomic E-state index is 12.9. The molecule has 6 nitrogen and oxygen atoms in total. The molecule has 4 rings (SSSR count). The van der Waals surface area contributed by atoms with Crippen LogP contribution in [-0.4, -0.2) is 15.2 Å². The van der Waals surface area contributed by atoms with Crippen LogP contribution in [0.15, 0.2) is 63.9 Å². The summed E-state index contributed by atoms with van der Waals surface area (Å²) in [6.45, 7) is 1.78. The van der Waals surface area contributed by atoms with Crippen LogP contribution in [0.3, 0.4) is 0 Å². The van der Waals surface area contributed by atoms with Crippen molar-refractivity contribution in [1.29, 1.82) is 0 Å². The Balaban J connectivity index is 1.61. The molecule has 1 saturated heterocycles. The van der Waals surface area contributed by atoms with E-state index in [0.29, 0.717) is 31.5 Å². The predicted molar refractivity (Wildman–Crippen MR) is 123 cm³/mol. The van der Waals surface area contributed by atoms with Gasteiger partial charge in [-0.05, 0) is 48.9 Å². The normalized spacial score (nSPS) is 15.3. The molecule has 0 saturated carbocycles. The number of hydrogen-bond donors (Lipinski definition) is 0. The van der Waals surface area contributed by atoms with Crippen LogP contribution in [0.2, 0.25) is 5.02 Å². The van der Waals surface area contributed by atoms with Gasteiger partial charge in [0.2, 0.25) is 0 Å². The minimum atomic E-state index is -0.438. The van der Waals surface area contributed by atoms with Crippen molar-refractivity contribution in [2.75, 3.05) is 4.90 Å².